The highest BCUT2D eigenvalue weighted by atomic mass is 32.1. The van der Waals surface area contributed by atoms with Crippen LogP contribution in [0.25, 0.3) is 10.7 Å². The molecular formula is C10H13N3OS. The Kier molecular flexibility index (Phi) is 4.86. The van der Waals surface area contributed by atoms with Crippen molar-refractivity contribution >= 4 is 11.3 Å². The van der Waals surface area contributed by atoms with Gasteiger partial charge in [0.2, 0.25) is 0 Å². The van der Waals surface area contributed by atoms with E-state index in [1.165, 1.54) is 11.3 Å². The SMILES string of the molecule is CC.OCc1nnc(-c2ccccn2)s1. The van der Waals surface area contributed by atoms with Crippen molar-refractivity contribution in [1.82, 2.24) is 15.2 Å². The van der Waals surface area contributed by atoms with Crippen LogP contribution < -0.4 is 0 Å². The van der Waals surface area contributed by atoms with E-state index in [4.69, 9.17) is 5.11 Å². The van der Waals surface area contributed by atoms with Crippen molar-refractivity contribution in [3.63, 3.8) is 0 Å². The van der Waals surface area contributed by atoms with Gasteiger partial charge in [-0.3, -0.25) is 4.98 Å². The number of hydrogen-bond donors (Lipinski definition) is 1. The molecule has 0 amide bonds. The highest BCUT2D eigenvalue weighted by Gasteiger charge is 2.05. The predicted octanol–water partition coefficient (Wildman–Crippen LogP) is 2.12. The van der Waals surface area contributed by atoms with Crippen LogP contribution in [0, 0.1) is 0 Å². The Bertz CT molecular complexity index is 389. The fourth-order valence-electron chi connectivity index (χ4n) is 0.910. The summed E-state index contributed by atoms with van der Waals surface area (Å²) in [6.07, 6.45) is 1.70. The fourth-order valence-corrected chi connectivity index (χ4v) is 1.59. The van der Waals surface area contributed by atoms with Crippen LogP contribution in [0.4, 0.5) is 0 Å². The molecular weight excluding hydrogens is 210 g/mol. The van der Waals surface area contributed by atoms with Gasteiger partial charge in [-0.15, -0.1) is 10.2 Å². The molecule has 2 aromatic rings. The summed E-state index contributed by atoms with van der Waals surface area (Å²) >= 11 is 1.35. The van der Waals surface area contributed by atoms with Gasteiger partial charge < -0.3 is 5.11 Å². The third kappa shape index (κ3) is 3.07. The zero-order valence-corrected chi connectivity index (χ0v) is 9.53. The molecule has 4 nitrogen and oxygen atoms in total. The third-order valence-corrected chi connectivity index (χ3v) is 2.42. The van der Waals surface area contributed by atoms with Gasteiger partial charge >= 0.3 is 0 Å². The summed E-state index contributed by atoms with van der Waals surface area (Å²) in [6.45, 7) is 3.94. The molecule has 0 aliphatic rings. The first-order valence-electron chi connectivity index (χ1n) is 4.75. The number of hydrogen-bond acceptors (Lipinski definition) is 5. The van der Waals surface area contributed by atoms with Crippen molar-refractivity contribution in [1.29, 1.82) is 0 Å². The number of aromatic nitrogens is 3. The lowest BCUT2D eigenvalue weighted by Crippen LogP contribution is -1.80. The Morgan fingerprint density at radius 1 is 1.27 bits per heavy atom. The minimum Gasteiger partial charge on any atom is -0.389 e. The highest BCUT2D eigenvalue weighted by Crippen LogP contribution is 2.20. The number of aliphatic hydroxyl groups is 1. The standard InChI is InChI=1S/C8H7N3OS.C2H6/c12-5-7-10-11-8(13-7)6-3-1-2-4-9-6;1-2/h1-4,12H,5H2;1-2H3. The normalized spacial score (nSPS) is 9.27. The second-order valence-corrected chi connectivity index (χ2v) is 3.44. The monoisotopic (exact) mass is 223 g/mol. The molecule has 0 aliphatic carbocycles. The molecule has 0 atom stereocenters. The summed E-state index contributed by atoms with van der Waals surface area (Å²) in [5.41, 5.74) is 0.791. The van der Waals surface area contributed by atoms with E-state index in [0.29, 0.717) is 5.01 Å². The van der Waals surface area contributed by atoms with Gasteiger partial charge in [-0.2, -0.15) is 0 Å². The van der Waals surface area contributed by atoms with Crippen molar-refractivity contribution in [2.24, 2.45) is 0 Å². The molecule has 2 aromatic heterocycles. The van der Waals surface area contributed by atoms with Gasteiger partial charge in [0, 0.05) is 6.20 Å². The minimum absolute atomic E-state index is 0.0650. The molecule has 0 aliphatic heterocycles. The van der Waals surface area contributed by atoms with Gasteiger partial charge in [0.25, 0.3) is 0 Å². The van der Waals surface area contributed by atoms with Gasteiger partial charge in [0.15, 0.2) is 5.01 Å². The second kappa shape index (κ2) is 6.21. The fraction of sp³-hybridized carbons (Fsp3) is 0.300. The van der Waals surface area contributed by atoms with Crippen molar-refractivity contribution in [2.45, 2.75) is 20.5 Å². The van der Waals surface area contributed by atoms with Crippen molar-refractivity contribution < 1.29 is 5.11 Å². The van der Waals surface area contributed by atoms with Gasteiger partial charge in [-0.25, -0.2) is 0 Å². The average molecular weight is 223 g/mol. The molecule has 0 unspecified atom stereocenters. The van der Waals surface area contributed by atoms with E-state index in [1.807, 2.05) is 32.0 Å². The molecule has 1 N–H and O–H groups in total. The molecule has 2 rings (SSSR count). The molecule has 0 spiro atoms. The van der Waals surface area contributed by atoms with Crippen LogP contribution in [0.2, 0.25) is 0 Å². The topological polar surface area (TPSA) is 58.9 Å². The maximum absolute atomic E-state index is 8.79. The van der Waals surface area contributed by atoms with Crippen LogP contribution in [0.1, 0.15) is 18.9 Å². The Labute approximate surface area is 92.7 Å². The van der Waals surface area contributed by atoms with Crippen LogP contribution in [0.3, 0.4) is 0 Å². The summed E-state index contributed by atoms with van der Waals surface area (Å²) < 4.78 is 0. The zero-order valence-electron chi connectivity index (χ0n) is 8.71. The van der Waals surface area contributed by atoms with E-state index in [2.05, 4.69) is 15.2 Å². The first-order chi connectivity index (χ1) is 7.40. The number of nitrogens with zero attached hydrogens (tertiary/aromatic N) is 3. The van der Waals surface area contributed by atoms with Crippen molar-refractivity contribution in [3.05, 3.63) is 29.4 Å². The zero-order chi connectivity index (χ0) is 11.1. The lowest BCUT2D eigenvalue weighted by Gasteiger charge is -1.90. The van der Waals surface area contributed by atoms with E-state index in [1.54, 1.807) is 6.20 Å². The van der Waals surface area contributed by atoms with Gasteiger partial charge in [0.05, 0.1) is 6.61 Å². The summed E-state index contributed by atoms with van der Waals surface area (Å²) in [5.74, 6) is 0. The summed E-state index contributed by atoms with van der Waals surface area (Å²) in [5, 5.41) is 17.8. The number of aliphatic hydroxyl groups excluding tert-OH is 1. The van der Waals surface area contributed by atoms with E-state index >= 15 is 0 Å². The summed E-state index contributed by atoms with van der Waals surface area (Å²) in [6, 6.07) is 5.60. The van der Waals surface area contributed by atoms with Gasteiger partial charge in [-0.1, -0.05) is 31.3 Å². The van der Waals surface area contributed by atoms with Crippen LogP contribution >= 0.6 is 11.3 Å². The maximum Gasteiger partial charge on any atom is 0.166 e. The molecule has 0 saturated carbocycles. The average Bonchev–Trinajstić information content (AvgIpc) is 2.81. The Hall–Kier alpha value is -1.33. The molecule has 0 fully saturated rings. The maximum atomic E-state index is 8.79. The lowest BCUT2D eigenvalue weighted by atomic mass is 10.4. The molecule has 2 heterocycles. The van der Waals surface area contributed by atoms with Crippen molar-refractivity contribution in [2.75, 3.05) is 0 Å². The minimum atomic E-state index is -0.0650. The van der Waals surface area contributed by atoms with Crippen molar-refractivity contribution in [3.8, 4) is 10.7 Å². The van der Waals surface area contributed by atoms with E-state index in [0.717, 1.165) is 10.7 Å². The lowest BCUT2D eigenvalue weighted by molar-refractivity contribution is 0.280. The van der Waals surface area contributed by atoms with E-state index < -0.39 is 0 Å². The number of pyridine rings is 1. The largest absolute Gasteiger partial charge is 0.389 e. The molecule has 0 radical (unpaired) electrons. The van der Waals surface area contributed by atoms with Crippen LogP contribution in [0.15, 0.2) is 24.4 Å². The second-order valence-electron chi connectivity index (χ2n) is 2.37. The van der Waals surface area contributed by atoms with E-state index in [9.17, 15) is 0 Å². The predicted molar refractivity (Wildman–Crippen MR) is 60.4 cm³/mol. The van der Waals surface area contributed by atoms with Crippen LogP contribution in [-0.2, 0) is 6.61 Å². The molecule has 0 bridgehead atoms. The molecule has 80 valence electrons. The summed E-state index contributed by atoms with van der Waals surface area (Å²) in [4.78, 5) is 4.12. The highest BCUT2D eigenvalue weighted by molar-refractivity contribution is 7.14. The smallest absolute Gasteiger partial charge is 0.166 e. The quantitative estimate of drug-likeness (QED) is 0.847. The summed E-state index contributed by atoms with van der Waals surface area (Å²) in [7, 11) is 0. The number of rotatable bonds is 2. The molecule has 0 aromatic carbocycles. The first kappa shape index (κ1) is 11.7. The van der Waals surface area contributed by atoms with Gasteiger partial charge in [0.1, 0.15) is 10.7 Å². The molecule has 15 heavy (non-hydrogen) atoms. The van der Waals surface area contributed by atoms with E-state index in [-0.39, 0.29) is 6.61 Å². The Morgan fingerprint density at radius 2 is 2.07 bits per heavy atom. The van der Waals surface area contributed by atoms with Crippen LogP contribution in [0.5, 0.6) is 0 Å². The first-order valence-corrected chi connectivity index (χ1v) is 5.56. The molecule has 5 heteroatoms. The Balaban J connectivity index is 0.000000531. The third-order valence-electron chi connectivity index (χ3n) is 1.49. The van der Waals surface area contributed by atoms with Gasteiger partial charge in [-0.05, 0) is 12.1 Å². The Morgan fingerprint density at radius 3 is 2.60 bits per heavy atom. The van der Waals surface area contributed by atoms with Crippen LogP contribution in [-0.4, -0.2) is 20.3 Å². The molecule has 0 saturated heterocycles.